The Morgan fingerprint density at radius 3 is 2.81 bits per heavy atom. The third-order valence-electron chi connectivity index (χ3n) is 4.93. The lowest BCUT2D eigenvalue weighted by Crippen LogP contribution is -2.36. The lowest BCUT2D eigenvalue weighted by Gasteiger charge is -2.26. The number of hydrogen-bond acceptors (Lipinski definition) is 6. The number of morpholine rings is 1. The second-order valence-corrected chi connectivity index (χ2v) is 8.97. The van der Waals surface area contributed by atoms with Crippen molar-refractivity contribution in [3.05, 3.63) is 59.1 Å². The minimum Gasteiger partial charge on any atom is -0.379 e. The van der Waals surface area contributed by atoms with E-state index in [-0.39, 0.29) is 10.9 Å². The van der Waals surface area contributed by atoms with Crippen LogP contribution in [0.15, 0.2) is 47.5 Å². The van der Waals surface area contributed by atoms with Crippen molar-refractivity contribution in [3.8, 4) is 0 Å². The summed E-state index contributed by atoms with van der Waals surface area (Å²) >= 11 is 7.18. The SMILES string of the molecule is CC(Sc1nc(CN2CCOCC2)nc2ccccc12)C(=O)Nc1ccc(F)c(Cl)c1. The van der Waals surface area contributed by atoms with E-state index in [1.54, 1.807) is 0 Å². The molecule has 1 N–H and O–H groups in total. The van der Waals surface area contributed by atoms with Crippen LogP contribution in [-0.4, -0.2) is 52.3 Å². The number of aromatic nitrogens is 2. The van der Waals surface area contributed by atoms with Crippen LogP contribution in [0.1, 0.15) is 12.7 Å². The highest BCUT2D eigenvalue weighted by Gasteiger charge is 2.20. The molecule has 9 heteroatoms. The van der Waals surface area contributed by atoms with Gasteiger partial charge in [-0.1, -0.05) is 41.6 Å². The van der Waals surface area contributed by atoms with E-state index in [2.05, 4.69) is 10.2 Å². The van der Waals surface area contributed by atoms with Gasteiger partial charge in [0.05, 0.1) is 35.5 Å². The average molecular weight is 461 g/mol. The zero-order valence-electron chi connectivity index (χ0n) is 17.0. The molecule has 2 aromatic carbocycles. The number of fused-ring (bicyclic) bond motifs is 1. The van der Waals surface area contributed by atoms with Gasteiger partial charge in [-0.3, -0.25) is 9.69 Å². The first-order chi connectivity index (χ1) is 15.0. The van der Waals surface area contributed by atoms with Crippen LogP contribution >= 0.6 is 23.4 Å². The fourth-order valence-electron chi connectivity index (χ4n) is 3.25. The maximum absolute atomic E-state index is 13.4. The highest BCUT2D eigenvalue weighted by molar-refractivity contribution is 8.00. The van der Waals surface area contributed by atoms with E-state index in [1.807, 2.05) is 31.2 Å². The second kappa shape index (κ2) is 9.91. The summed E-state index contributed by atoms with van der Waals surface area (Å²) < 4.78 is 18.8. The molecule has 0 bridgehead atoms. The molecule has 1 saturated heterocycles. The molecule has 1 aliphatic heterocycles. The van der Waals surface area contributed by atoms with Crippen molar-refractivity contribution in [2.45, 2.75) is 23.7 Å². The molecule has 0 aliphatic carbocycles. The summed E-state index contributed by atoms with van der Waals surface area (Å²) in [6.07, 6.45) is 0. The van der Waals surface area contributed by atoms with Crippen LogP contribution in [0.2, 0.25) is 5.02 Å². The maximum Gasteiger partial charge on any atom is 0.237 e. The van der Waals surface area contributed by atoms with E-state index in [4.69, 9.17) is 26.3 Å². The van der Waals surface area contributed by atoms with Gasteiger partial charge in [-0.25, -0.2) is 14.4 Å². The number of hydrogen-bond donors (Lipinski definition) is 1. The number of halogens is 2. The minimum atomic E-state index is -0.526. The molecule has 31 heavy (non-hydrogen) atoms. The fraction of sp³-hybridized carbons (Fsp3) is 0.318. The minimum absolute atomic E-state index is 0.0346. The monoisotopic (exact) mass is 460 g/mol. The van der Waals surface area contributed by atoms with Gasteiger partial charge in [-0.2, -0.15) is 0 Å². The molecular formula is C22H22ClFN4O2S. The normalized spacial score (nSPS) is 15.7. The van der Waals surface area contributed by atoms with E-state index >= 15 is 0 Å². The number of carbonyl (C=O) groups is 1. The number of ether oxygens (including phenoxy) is 1. The number of nitrogens with one attached hydrogen (secondary N) is 1. The molecular weight excluding hydrogens is 439 g/mol. The summed E-state index contributed by atoms with van der Waals surface area (Å²) in [5, 5.41) is 3.98. The van der Waals surface area contributed by atoms with E-state index in [1.165, 1.54) is 30.0 Å². The van der Waals surface area contributed by atoms with Crippen molar-refractivity contribution in [1.82, 2.24) is 14.9 Å². The molecule has 1 unspecified atom stereocenters. The Labute approximate surface area is 189 Å². The van der Waals surface area contributed by atoms with Crippen molar-refractivity contribution in [2.75, 3.05) is 31.6 Å². The lowest BCUT2D eigenvalue weighted by atomic mass is 10.2. The summed E-state index contributed by atoms with van der Waals surface area (Å²) in [7, 11) is 0. The van der Waals surface area contributed by atoms with Crippen LogP contribution in [0.3, 0.4) is 0 Å². The molecule has 1 atom stereocenters. The average Bonchev–Trinajstić information content (AvgIpc) is 2.77. The standard InChI is InChI=1S/C22H22ClFN4O2S/c1-14(21(29)25-15-6-7-18(24)17(23)12-15)31-22-16-4-2-3-5-19(16)26-20(27-22)13-28-8-10-30-11-9-28/h2-7,12,14H,8-11,13H2,1H3,(H,25,29). The summed E-state index contributed by atoms with van der Waals surface area (Å²) in [6, 6.07) is 11.9. The largest absolute Gasteiger partial charge is 0.379 e. The van der Waals surface area contributed by atoms with Gasteiger partial charge in [0.25, 0.3) is 0 Å². The number of amides is 1. The van der Waals surface area contributed by atoms with Crippen molar-refractivity contribution >= 4 is 45.9 Å². The summed E-state index contributed by atoms with van der Waals surface area (Å²) in [4.78, 5) is 24.5. The van der Waals surface area contributed by atoms with Crippen LogP contribution in [0.4, 0.5) is 10.1 Å². The second-order valence-electron chi connectivity index (χ2n) is 7.23. The predicted molar refractivity (Wildman–Crippen MR) is 121 cm³/mol. The first-order valence-electron chi connectivity index (χ1n) is 9.98. The Morgan fingerprint density at radius 1 is 1.26 bits per heavy atom. The molecule has 2 heterocycles. The molecule has 1 aliphatic rings. The molecule has 1 aromatic heterocycles. The number of anilines is 1. The maximum atomic E-state index is 13.4. The van der Waals surface area contributed by atoms with Gasteiger partial charge in [0.2, 0.25) is 5.91 Å². The van der Waals surface area contributed by atoms with Crippen LogP contribution in [-0.2, 0) is 16.1 Å². The molecule has 0 saturated carbocycles. The van der Waals surface area contributed by atoms with Crippen molar-refractivity contribution in [3.63, 3.8) is 0 Å². The Bertz CT molecular complexity index is 1090. The number of thioether (sulfide) groups is 1. The lowest BCUT2D eigenvalue weighted by molar-refractivity contribution is -0.115. The predicted octanol–water partition coefficient (Wildman–Crippen LogP) is 4.37. The molecule has 1 fully saturated rings. The Hall–Kier alpha value is -2.26. The zero-order chi connectivity index (χ0) is 21.8. The van der Waals surface area contributed by atoms with Gasteiger partial charge in [-0.05, 0) is 31.2 Å². The molecule has 6 nitrogen and oxygen atoms in total. The number of benzene rings is 2. The third-order valence-corrected chi connectivity index (χ3v) is 6.32. The van der Waals surface area contributed by atoms with Crippen LogP contribution in [0, 0.1) is 5.82 Å². The fourth-order valence-corrected chi connectivity index (χ4v) is 4.39. The van der Waals surface area contributed by atoms with E-state index in [0.717, 1.165) is 34.8 Å². The Morgan fingerprint density at radius 2 is 2.03 bits per heavy atom. The van der Waals surface area contributed by atoms with Gasteiger partial charge in [-0.15, -0.1) is 0 Å². The van der Waals surface area contributed by atoms with Crippen LogP contribution in [0.5, 0.6) is 0 Å². The third kappa shape index (κ3) is 5.51. The highest BCUT2D eigenvalue weighted by Crippen LogP contribution is 2.30. The molecule has 162 valence electrons. The van der Waals surface area contributed by atoms with Crippen molar-refractivity contribution < 1.29 is 13.9 Å². The Kier molecular flexibility index (Phi) is 7.02. The van der Waals surface area contributed by atoms with Crippen LogP contribution < -0.4 is 5.32 Å². The van der Waals surface area contributed by atoms with Gasteiger partial charge in [0.1, 0.15) is 16.7 Å². The van der Waals surface area contributed by atoms with Gasteiger partial charge in [0, 0.05) is 24.2 Å². The number of nitrogens with zero attached hydrogens (tertiary/aromatic N) is 3. The number of carbonyl (C=O) groups excluding carboxylic acids is 1. The smallest absolute Gasteiger partial charge is 0.237 e. The molecule has 0 radical (unpaired) electrons. The van der Waals surface area contributed by atoms with Gasteiger partial charge < -0.3 is 10.1 Å². The number of rotatable bonds is 6. The topological polar surface area (TPSA) is 67.3 Å². The summed E-state index contributed by atoms with van der Waals surface area (Å²) in [6.45, 7) is 5.55. The van der Waals surface area contributed by atoms with Crippen LogP contribution in [0.25, 0.3) is 10.9 Å². The van der Waals surface area contributed by atoms with Gasteiger partial charge >= 0.3 is 0 Å². The highest BCUT2D eigenvalue weighted by atomic mass is 35.5. The summed E-state index contributed by atoms with van der Waals surface area (Å²) in [5.74, 6) is -0.0199. The first-order valence-corrected chi connectivity index (χ1v) is 11.2. The van der Waals surface area contributed by atoms with E-state index in [0.29, 0.717) is 25.4 Å². The van der Waals surface area contributed by atoms with Crippen molar-refractivity contribution in [1.29, 1.82) is 0 Å². The first kappa shape index (κ1) is 22.0. The molecule has 4 rings (SSSR count). The molecule has 0 spiro atoms. The van der Waals surface area contributed by atoms with E-state index in [9.17, 15) is 9.18 Å². The Balaban J connectivity index is 1.52. The summed E-state index contributed by atoms with van der Waals surface area (Å²) in [5.41, 5.74) is 1.30. The van der Waals surface area contributed by atoms with Crippen molar-refractivity contribution in [2.24, 2.45) is 0 Å². The zero-order valence-corrected chi connectivity index (χ0v) is 18.5. The van der Waals surface area contributed by atoms with Gasteiger partial charge in [0.15, 0.2) is 0 Å². The quantitative estimate of drug-likeness (QED) is 0.435. The molecule has 1 amide bonds. The molecule has 3 aromatic rings. The number of para-hydroxylation sites is 1. The van der Waals surface area contributed by atoms with E-state index < -0.39 is 11.1 Å².